The van der Waals surface area contributed by atoms with Crippen LogP contribution in [0.3, 0.4) is 0 Å². The van der Waals surface area contributed by atoms with Crippen molar-refractivity contribution in [3.8, 4) is 10.6 Å². The van der Waals surface area contributed by atoms with E-state index in [9.17, 15) is 13.2 Å². The molecule has 0 spiro atoms. The van der Waals surface area contributed by atoms with Gasteiger partial charge in [0.2, 0.25) is 5.91 Å². The Morgan fingerprint density at radius 3 is 2.62 bits per heavy atom. The molecule has 1 aliphatic rings. The first-order valence-corrected chi connectivity index (χ1v) is 11.8. The van der Waals surface area contributed by atoms with Gasteiger partial charge in [0.1, 0.15) is 10.6 Å². The fraction of sp³-hybridized carbons (Fsp3) is 0.300. The van der Waals surface area contributed by atoms with Crippen molar-refractivity contribution in [2.24, 2.45) is 0 Å². The van der Waals surface area contributed by atoms with Crippen molar-refractivity contribution in [3.05, 3.63) is 48.0 Å². The molecule has 0 saturated heterocycles. The van der Waals surface area contributed by atoms with E-state index in [2.05, 4.69) is 15.1 Å². The van der Waals surface area contributed by atoms with Crippen molar-refractivity contribution in [1.29, 1.82) is 0 Å². The SMILES string of the molecule is CC(=O)Nc1cccc(NS(=O)(=O)c2cn(C3CCCC3)nc2-c2cccs2)c1. The van der Waals surface area contributed by atoms with Gasteiger partial charge in [0.05, 0.1) is 16.6 Å². The van der Waals surface area contributed by atoms with Gasteiger partial charge in [-0.25, -0.2) is 8.42 Å². The summed E-state index contributed by atoms with van der Waals surface area (Å²) in [4.78, 5) is 12.3. The molecule has 1 fully saturated rings. The molecule has 2 N–H and O–H groups in total. The highest BCUT2D eigenvalue weighted by molar-refractivity contribution is 7.92. The van der Waals surface area contributed by atoms with E-state index in [0.29, 0.717) is 17.1 Å². The van der Waals surface area contributed by atoms with Crippen LogP contribution in [-0.2, 0) is 14.8 Å². The summed E-state index contributed by atoms with van der Waals surface area (Å²) in [5, 5.41) is 9.21. The third-order valence-corrected chi connectivity index (χ3v) is 7.14. The number of sulfonamides is 1. The van der Waals surface area contributed by atoms with Crippen LogP contribution < -0.4 is 10.0 Å². The van der Waals surface area contributed by atoms with Gasteiger partial charge in [0.15, 0.2) is 0 Å². The van der Waals surface area contributed by atoms with Crippen molar-refractivity contribution < 1.29 is 13.2 Å². The molecule has 2 heterocycles. The van der Waals surface area contributed by atoms with Crippen molar-refractivity contribution in [1.82, 2.24) is 9.78 Å². The molecule has 29 heavy (non-hydrogen) atoms. The predicted molar refractivity (Wildman–Crippen MR) is 115 cm³/mol. The first-order chi connectivity index (χ1) is 13.9. The van der Waals surface area contributed by atoms with Gasteiger partial charge in [-0.3, -0.25) is 14.2 Å². The lowest BCUT2D eigenvalue weighted by molar-refractivity contribution is -0.114. The Morgan fingerprint density at radius 1 is 1.17 bits per heavy atom. The zero-order chi connectivity index (χ0) is 20.4. The number of thiophene rings is 1. The van der Waals surface area contributed by atoms with Crippen LogP contribution in [0.25, 0.3) is 10.6 Å². The van der Waals surface area contributed by atoms with Gasteiger partial charge in [0.25, 0.3) is 10.0 Å². The first-order valence-electron chi connectivity index (χ1n) is 9.46. The number of nitrogens with zero attached hydrogens (tertiary/aromatic N) is 2. The van der Waals surface area contributed by atoms with E-state index in [1.54, 1.807) is 30.5 Å². The highest BCUT2D eigenvalue weighted by atomic mass is 32.2. The number of aromatic nitrogens is 2. The van der Waals surface area contributed by atoms with Gasteiger partial charge in [-0.1, -0.05) is 25.0 Å². The van der Waals surface area contributed by atoms with E-state index < -0.39 is 10.0 Å². The number of benzene rings is 1. The monoisotopic (exact) mass is 430 g/mol. The molecular weight excluding hydrogens is 408 g/mol. The maximum atomic E-state index is 13.2. The van der Waals surface area contributed by atoms with Crippen LogP contribution in [-0.4, -0.2) is 24.1 Å². The second-order valence-electron chi connectivity index (χ2n) is 7.11. The van der Waals surface area contributed by atoms with E-state index in [-0.39, 0.29) is 16.8 Å². The number of carbonyl (C=O) groups is 1. The van der Waals surface area contributed by atoms with E-state index in [4.69, 9.17) is 0 Å². The van der Waals surface area contributed by atoms with Crippen LogP contribution >= 0.6 is 11.3 Å². The van der Waals surface area contributed by atoms with Crippen molar-refractivity contribution in [2.75, 3.05) is 10.0 Å². The Kier molecular flexibility index (Phi) is 5.42. The summed E-state index contributed by atoms with van der Waals surface area (Å²) >= 11 is 1.46. The number of carbonyl (C=O) groups excluding carboxylic acids is 1. The molecule has 7 nitrogen and oxygen atoms in total. The molecule has 1 amide bonds. The largest absolute Gasteiger partial charge is 0.326 e. The quantitative estimate of drug-likeness (QED) is 0.603. The molecule has 0 bridgehead atoms. The van der Waals surface area contributed by atoms with Gasteiger partial charge in [-0.2, -0.15) is 5.10 Å². The van der Waals surface area contributed by atoms with Crippen LogP contribution in [0.5, 0.6) is 0 Å². The minimum Gasteiger partial charge on any atom is -0.326 e. The lowest BCUT2D eigenvalue weighted by Gasteiger charge is -2.10. The minimum absolute atomic E-state index is 0.164. The van der Waals surface area contributed by atoms with Crippen LogP contribution in [0.2, 0.25) is 0 Å². The van der Waals surface area contributed by atoms with E-state index in [1.165, 1.54) is 18.3 Å². The average Bonchev–Trinajstić information content (AvgIpc) is 3.41. The third kappa shape index (κ3) is 4.35. The fourth-order valence-electron chi connectivity index (χ4n) is 3.59. The Labute approximate surface area is 173 Å². The highest BCUT2D eigenvalue weighted by Gasteiger charge is 2.27. The van der Waals surface area contributed by atoms with Crippen LogP contribution in [0.15, 0.2) is 52.9 Å². The number of rotatable bonds is 6. The molecule has 1 aromatic carbocycles. The zero-order valence-corrected chi connectivity index (χ0v) is 17.6. The molecular formula is C20H22N4O3S2. The summed E-state index contributed by atoms with van der Waals surface area (Å²) in [6, 6.07) is 10.6. The summed E-state index contributed by atoms with van der Waals surface area (Å²) in [6.45, 7) is 1.40. The highest BCUT2D eigenvalue weighted by Crippen LogP contribution is 2.35. The number of hydrogen-bond donors (Lipinski definition) is 2. The van der Waals surface area contributed by atoms with Crippen molar-refractivity contribution >= 4 is 38.6 Å². The lowest BCUT2D eigenvalue weighted by Crippen LogP contribution is -2.14. The summed E-state index contributed by atoms with van der Waals surface area (Å²) in [6.07, 6.45) is 5.93. The maximum Gasteiger partial charge on any atom is 0.265 e. The smallest absolute Gasteiger partial charge is 0.265 e. The molecule has 0 atom stereocenters. The van der Waals surface area contributed by atoms with E-state index in [1.807, 2.05) is 22.2 Å². The summed E-state index contributed by atoms with van der Waals surface area (Å²) in [5.74, 6) is -0.220. The first kappa shape index (κ1) is 19.7. The van der Waals surface area contributed by atoms with E-state index >= 15 is 0 Å². The molecule has 4 rings (SSSR count). The van der Waals surface area contributed by atoms with E-state index in [0.717, 1.165) is 30.6 Å². The zero-order valence-electron chi connectivity index (χ0n) is 16.0. The topological polar surface area (TPSA) is 93.1 Å². The molecule has 3 aromatic rings. The molecule has 0 aliphatic heterocycles. The third-order valence-electron chi connectivity index (χ3n) is 4.88. The number of nitrogens with one attached hydrogen (secondary N) is 2. The average molecular weight is 431 g/mol. The van der Waals surface area contributed by atoms with Gasteiger partial charge in [-0.15, -0.1) is 11.3 Å². The number of amides is 1. The second kappa shape index (κ2) is 8.00. The summed E-state index contributed by atoms with van der Waals surface area (Å²) in [7, 11) is -3.86. The molecule has 1 saturated carbocycles. The number of hydrogen-bond acceptors (Lipinski definition) is 5. The Balaban J connectivity index is 1.69. The maximum absolute atomic E-state index is 13.2. The summed E-state index contributed by atoms with van der Waals surface area (Å²) in [5.41, 5.74) is 1.37. The Bertz CT molecular complexity index is 1110. The van der Waals surface area contributed by atoms with Crippen LogP contribution in [0.4, 0.5) is 11.4 Å². The van der Waals surface area contributed by atoms with Crippen molar-refractivity contribution in [3.63, 3.8) is 0 Å². The van der Waals surface area contributed by atoms with Gasteiger partial charge < -0.3 is 5.32 Å². The van der Waals surface area contributed by atoms with Crippen LogP contribution in [0, 0.1) is 0 Å². The molecule has 2 aromatic heterocycles. The molecule has 0 radical (unpaired) electrons. The standard InChI is InChI=1S/C20H22N4O3S2/c1-14(25)21-15-6-4-7-16(12-15)23-29(26,27)19-13-24(17-8-2-3-9-17)22-20(19)18-10-5-11-28-18/h4-7,10-13,17,23H,2-3,8-9H2,1H3,(H,21,25). The predicted octanol–water partition coefficient (Wildman–Crippen LogP) is 4.49. The lowest BCUT2D eigenvalue weighted by atomic mass is 10.3. The summed E-state index contributed by atoms with van der Waals surface area (Å²) < 4.78 is 30.9. The molecule has 0 unspecified atom stereocenters. The van der Waals surface area contributed by atoms with Gasteiger partial charge >= 0.3 is 0 Å². The Hall–Kier alpha value is -2.65. The van der Waals surface area contributed by atoms with Crippen LogP contribution in [0.1, 0.15) is 38.6 Å². The minimum atomic E-state index is -3.86. The number of anilines is 2. The van der Waals surface area contributed by atoms with Gasteiger partial charge in [-0.05, 0) is 42.5 Å². The molecule has 152 valence electrons. The van der Waals surface area contributed by atoms with Crippen molar-refractivity contribution in [2.45, 2.75) is 43.5 Å². The van der Waals surface area contributed by atoms with Gasteiger partial charge in [0, 0.05) is 18.8 Å². The normalized spacial score (nSPS) is 14.8. The fourth-order valence-corrected chi connectivity index (χ4v) is 5.57. The molecule has 1 aliphatic carbocycles. The second-order valence-corrected chi connectivity index (χ2v) is 9.70. The molecule has 9 heteroatoms. The Morgan fingerprint density at radius 2 is 1.93 bits per heavy atom.